The smallest absolute Gasteiger partial charge is 0.383 e. The molecule has 2 aliphatic rings. The number of carbonyl (C=O) groups excluding carboxylic acids is 1. The number of amides is 1. The normalized spacial score (nSPS) is 24.8. The van der Waals surface area contributed by atoms with Gasteiger partial charge in [-0.15, -0.1) is 0 Å². The number of benzene rings is 1. The molecular weight excluding hydrogens is 471 g/mol. The number of carbonyl (C=O) groups is 1. The largest absolute Gasteiger partial charge is 0.416 e. The summed E-state index contributed by atoms with van der Waals surface area (Å²) in [7, 11) is -2.64. The molecule has 2 atom stereocenters. The molecule has 0 radical (unpaired) electrons. The third kappa shape index (κ3) is 5.71. The molecule has 1 aromatic carbocycles. The highest BCUT2D eigenvalue weighted by molar-refractivity contribution is 5.93. The highest BCUT2D eigenvalue weighted by atomic mass is 19.4. The van der Waals surface area contributed by atoms with Crippen LogP contribution in [0.3, 0.4) is 0 Å². The van der Waals surface area contributed by atoms with E-state index in [1.165, 1.54) is 12.1 Å². The number of hydrogen-bond acceptors (Lipinski definition) is 6. The first-order valence-electron chi connectivity index (χ1n) is 14.5. The number of piperidine rings is 1. The Balaban J connectivity index is 1.44. The molecule has 0 spiro atoms. The molecule has 2 aromatic rings. The van der Waals surface area contributed by atoms with E-state index < -0.39 is 30.7 Å². The molecule has 3 heterocycles. The molecule has 1 aromatic heterocycles. The summed E-state index contributed by atoms with van der Waals surface area (Å²) < 4.78 is 82.8. The average Bonchev–Trinajstić information content (AvgIpc) is 2.89. The maximum Gasteiger partial charge on any atom is 0.416 e. The van der Waals surface area contributed by atoms with E-state index in [1.807, 2.05) is 6.92 Å². The van der Waals surface area contributed by atoms with E-state index in [0.29, 0.717) is 51.1 Å². The number of likely N-dealkylation sites (tertiary alicyclic amines) is 1. The van der Waals surface area contributed by atoms with Crippen molar-refractivity contribution in [3.05, 3.63) is 59.6 Å². The van der Waals surface area contributed by atoms with E-state index in [2.05, 4.69) is 26.7 Å². The van der Waals surface area contributed by atoms with E-state index in [-0.39, 0.29) is 36.1 Å². The van der Waals surface area contributed by atoms with Crippen LogP contribution in [0.2, 0.25) is 0 Å². The highest BCUT2D eigenvalue weighted by Gasteiger charge is 2.41. The summed E-state index contributed by atoms with van der Waals surface area (Å²) in [6.07, 6.45) is -2.57. The lowest BCUT2D eigenvalue weighted by atomic mass is 9.86. The number of halogens is 3. The van der Waals surface area contributed by atoms with Crippen LogP contribution in [0.4, 0.5) is 13.2 Å². The zero-order valence-corrected chi connectivity index (χ0v) is 20.4. The Morgan fingerprint density at radius 1 is 1.19 bits per heavy atom. The van der Waals surface area contributed by atoms with Crippen LogP contribution < -0.4 is 0 Å². The molecule has 0 unspecified atom stereocenters. The molecule has 196 valence electrons. The molecular formula is C26H34F3N5O2. The van der Waals surface area contributed by atoms with Crippen LogP contribution in [0, 0.1) is 0 Å². The van der Waals surface area contributed by atoms with Gasteiger partial charge in [-0.05, 0) is 44.4 Å². The lowest BCUT2D eigenvalue weighted by molar-refractivity contribution is -0.137. The van der Waals surface area contributed by atoms with Crippen molar-refractivity contribution >= 4 is 5.91 Å². The van der Waals surface area contributed by atoms with Crippen LogP contribution in [0.15, 0.2) is 42.9 Å². The Kier molecular flexibility index (Phi) is 6.16. The maximum absolute atomic E-state index is 13.1. The first kappa shape index (κ1) is 20.5. The predicted molar refractivity (Wildman–Crippen MR) is 129 cm³/mol. The number of methoxy groups -OCH3 is 1. The second kappa shape index (κ2) is 10.8. The minimum atomic E-state index is -4.47. The fourth-order valence-corrected chi connectivity index (χ4v) is 5.28. The minimum Gasteiger partial charge on any atom is -0.383 e. The first-order chi connectivity index (χ1) is 19.1. The third-order valence-electron chi connectivity index (χ3n) is 7.52. The summed E-state index contributed by atoms with van der Waals surface area (Å²) in [6.45, 7) is 6.65. The van der Waals surface area contributed by atoms with E-state index in [4.69, 9.17) is 11.6 Å². The van der Waals surface area contributed by atoms with Gasteiger partial charge in [-0.2, -0.15) is 13.2 Å². The van der Waals surface area contributed by atoms with E-state index in [1.54, 1.807) is 4.90 Å². The standard InChI is InChI=1S/C26H34F3N5O2/c1-19-16-33(25(2)8-10-32(11-9-25)24(35)21-14-30-18-31-15-21)12-13-34(19)23(17-36-3)20-4-6-22(7-5-20)26(27,28)29/h4-7,14-15,18-19,23H,8-13,16-17H2,1-3H3/t19-,23-/m0/s1/i3D3,14D,15D. The summed E-state index contributed by atoms with van der Waals surface area (Å²) in [4.78, 5) is 26.5. The Bertz CT molecular complexity index is 1200. The molecule has 2 fully saturated rings. The highest BCUT2D eigenvalue weighted by Crippen LogP contribution is 2.35. The second-order valence-electron chi connectivity index (χ2n) is 9.74. The van der Waals surface area contributed by atoms with Gasteiger partial charge in [0.2, 0.25) is 0 Å². The van der Waals surface area contributed by atoms with Gasteiger partial charge >= 0.3 is 6.18 Å². The van der Waals surface area contributed by atoms with Crippen molar-refractivity contribution in [3.8, 4) is 0 Å². The van der Waals surface area contributed by atoms with Gasteiger partial charge in [0.15, 0.2) is 0 Å². The molecule has 1 amide bonds. The van der Waals surface area contributed by atoms with Crippen LogP contribution in [-0.2, 0) is 10.9 Å². The molecule has 2 saturated heterocycles. The van der Waals surface area contributed by atoms with Crippen LogP contribution in [0.5, 0.6) is 0 Å². The maximum atomic E-state index is 13.1. The molecule has 0 bridgehead atoms. The van der Waals surface area contributed by atoms with Gasteiger partial charge < -0.3 is 9.64 Å². The van der Waals surface area contributed by atoms with Gasteiger partial charge in [-0.3, -0.25) is 14.6 Å². The number of rotatable bonds is 6. The summed E-state index contributed by atoms with van der Waals surface area (Å²) in [5.74, 6) is -0.422. The third-order valence-corrected chi connectivity index (χ3v) is 7.52. The second-order valence-corrected chi connectivity index (χ2v) is 9.74. The van der Waals surface area contributed by atoms with Crippen molar-refractivity contribution in [2.75, 3.05) is 46.4 Å². The van der Waals surface area contributed by atoms with Gasteiger partial charge in [0.05, 0.1) is 30.6 Å². The van der Waals surface area contributed by atoms with Crippen LogP contribution in [-0.4, -0.2) is 88.5 Å². The van der Waals surface area contributed by atoms with Gasteiger partial charge in [0.25, 0.3) is 5.91 Å². The SMILES string of the molecule is [2H]c1ncnc([2H])c1C(=O)N1CCC(C)(N2CCN([C@@H](COC([2H])([2H])[2H])c3ccc(C(F)(F)F)cc3)[C@@H](C)C2)CC1. The Morgan fingerprint density at radius 3 is 2.44 bits per heavy atom. The number of aromatic nitrogens is 2. The van der Waals surface area contributed by atoms with Crippen molar-refractivity contribution in [2.45, 2.75) is 50.5 Å². The summed E-state index contributed by atoms with van der Waals surface area (Å²) >= 11 is 0. The molecule has 0 N–H and O–H groups in total. The lowest BCUT2D eigenvalue weighted by Gasteiger charge is -2.52. The summed E-state index contributed by atoms with van der Waals surface area (Å²) in [5.41, 5.74) is -0.554. The van der Waals surface area contributed by atoms with Crippen molar-refractivity contribution < 1.29 is 29.6 Å². The molecule has 0 saturated carbocycles. The Morgan fingerprint density at radius 2 is 1.86 bits per heavy atom. The minimum absolute atomic E-state index is 0.0639. The Labute approximate surface area is 217 Å². The molecule has 2 aliphatic heterocycles. The number of hydrogen-bond donors (Lipinski definition) is 0. The fraction of sp³-hybridized carbons (Fsp3) is 0.577. The number of nitrogens with zero attached hydrogens (tertiary/aromatic N) is 5. The van der Waals surface area contributed by atoms with Crippen molar-refractivity contribution in [3.63, 3.8) is 0 Å². The van der Waals surface area contributed by atoms with Crippen molar-refractivity contribution in [2.24, 2.45) is 0 Å². The molecule has 0 aliphatic carbocycles. The van der Waals surface area contributed by atoms with Crippen LogP contribution >= 0.6 is 0 Å². The van der Waals surface area contributed by atoms with E-state index in [9.17, 15) is 18.0 Å². The van der Waals surface area contributed by atoms with Gasteiger partial charge in [-0.1, -0.05) is 12.1 Å². The molecule has 4 rings (SSSR count). The summed E-state index contributed by atoms with van der Waals surface area (Å²) in [6, 6.07) is 4.16. The van der Waals surface area contributed by atoms with Crippen LogP contribution in [0.25, 0.3) is 0 Å². The molecule has 36 heavy (non-hydrogen) atoms. The van der Waals surface area contributed by atoms with Gasteiger partial charge in [0, 0.05) is 63.7 Å². The van der Waals surface area contributed by atoms with Crippen LogP contribution in [0.1, 0.15) is 61.1 Å². The monoisotopic (exact) mass is 510 g/mol. The van der Waals surface area contributed by atoms with Crippen molar-refractivity contribution in [1.29, 1.82) is 0 Å². The fourth-order valence-electron chi connectivity index (χ4n) is 5.28. The summed E-state index contributed by atoms with van der Waals surface area (Å²) in [5, 5.41) is 0. The van der Waals surface area contributed by atoms with Gasteiger partial charge in [0.1, 0.15) is 6.33 Å². The lowest BCUT2D eigenvalue weighted by Crippen LogP contribution is -2.62. The number of alkyl halides is 3. The molecule has 10 heteroatoms. The van der Waals surface area contributed by atoms with E-state index >= 15 is 0 Å². The predicted octanol–water partition coefficient (Wildman–Crippen LogP) is 3.88. The Hall–Kier alpha value is -2.56. The zero-order chi connectivity index (χ0) is 30.2. The number of ether oxygens (including phenoxy) is 1. The van der Waals surface area contributed by atoms with E-state index in [0.717, 1.165) is 18.5 Å². The molecule has 7 nitrogen and oxygen atoms in total. The zero-order valence-electron chi connectivity index (χ0n) is 25.4. The number of piperazine rings is 1. The quantitative estimate of drug-likeness (QED) is 0.588. The first-order valence-corrected chi connectivity index (χ1v) is 12.0. The van der Waals surface area contributed by atoms with Gasteiger partial charge in [-0.25, -0.2) is 9.97 Å². The topological polar surface area (TPSA) is 61.8 Å². The van der Waals surface area contributed by atoms with Crippen molar-refractivity contribution in [1.82, 2.24) is 24.7 Å². The average molecular weight is 511 g/mol.